The van der Waals surface area contributed by atoms with Gasteiger partial charge in [0.05, 0.1) is 0 Å². The predicted molar refractivity (Wildman–Crippen MR) is 87.3 cm³/mol. The van der Waals surface area contributed by atoms with Gasteiger partial charge in [-0.1, -0.05) is 6.08 Å². The van der Waals surface area contributed by atoms with E-state index in [-0.39, 0.29) is 12.0 Å². The van der Waals surface area contributed by atoms with Crippen LogP contribution in [-0.4, -0.2) is 63.6 Å². The molecule has 1 aromatic carbocycles. The van der Waals surface area contributed by atoms with E-state index >= 15 is 0 Å². The van der Waals surface area contributed by atoms with Crippen LogP contribution >= 0.6 is 0 Å². The number of carboxylic acids is 1. The Bertz CT molecular complexity index is 795. The molecule has 1 aliphatic rings. The Labute approximate surface area is 157 Å². The number of rotatable bonds is 6. The van der Waals surface area contributed by atoms with Crippen LogP contribution in [0, 0.1) is 11.6 Å². The van der Waals surface area contributed by atoms with Crippen LogP contribution in [-0.2, 0) is 14.3 Å². The lowest BCUT2D eigenvalue weighted by Gasteiger charge is -2.38. The van der Waals surface area contributed by atoms with E-state index in [0.717, 1.165) is 6.07 Å². The molecule has 4 N–H and O–H groups in total. The van der Waals surface area contributed by atoms with Crippen molar-refractivity contribution in [2.24, 2.45) is 0 Å². The molecule has 0 aliphatic carbocycles. The van der Waals surface area contributed by atoms with Gasteiger partial charge in [-0.25, -0.2) is 9.18 Å². The number of hydrogen-bond donors (Lipinski definition) is 4. The van der Waals surface area contributed by atoms with Crippen molar-refractivity contribution >= 4 is 18.0 Å². The third kappa shape index (κ3) is 3.97. The second-order valence-electron chi connectivity index (χ2n) is 5.92. The average Bonchev–Trinajstić information content (AvgIpc) is 2.65. The first-order valence-electron chi connectivity index (χ1n) is 7.98. The van der Waals surface area contributed by atoms with Gasteiger partial charge in [0.25, 0.3) is 6.47 Å². The summed E-state index contributed by atoms with van der Waals surface area (Å²) in [6.07, 6.45) is -8.62. The Morgan fingerprint density at radius 2 is 1.82 bits per heavy atom. The summed E-state index contributed by atoms with van der Waals surface area (Å²) in [6, 6.07) is 0.807. The van der Waals surface area contributed by atoms with Crippen molar-refractivity contribution in [1.82, 2.24) is 0 Å². The van der Waals surface area contributed by atoms with Crippen molar-refractivity contribution in [2.75, 3.05) is 0 Å². The number of benzene rings is 1. The van der Waals surface area contributed by atoms with Crippen LogP contribution in [0.25, 0.3) is 5.57 Å². The summed E-state index contributed by atoms with van der Waals surface area (Å²) < 4.78 is 43.5. The van der Waals surface area contributed by atoms with Crippen LogP contribution in [0.15, 0.2) is 12.1 Å². The quantitative estimate of drug-likeness (QED) is 0.489. The lowest BCUT2D eigenvalue weighted by molar-refractivity contribution is -0.271. The Balaban J connectivity index is 2.46. The standard InChI is InChI=1S/C17H18F2O9/c1-3-6(2)7-4-8(18)14(9(19)13(7)26-5-20)27-17-12(23)10(21)11(22)15(28-17)16(24)25/h3-5,10-12,15,17,21-23H,1-2H3,(H,24,25)/b6-3-/t10-,11-,12+,15-,17+/m0/s1. The number of aliphatic hydroxyl groups is 3. The van der Waals surface area contributed by atoms with Gasteiger partial charge >= 0.3 is 5.97 Å². The van der Waals surface area contributed by atoms with Gasteiger partial charge in [0.2, 0.25) is 12.1 Å². The SMILES string of the molecule is C/C=C(/C)c1cc(F)c(O[C@@H]2O[C@H](C(=O)O)[C@@H](O)[C@H](O)[C@H]2O)c(F)c1OC=O. The molecule has 1 saturated heterocycles. The molecule has 0 unspecified atom stereocenters. The number of allylic oxidation sites excluding steroid dienone is 2. The van der Waals surface area contributed by atoms with Crippen molar-refractivity contribution in [3.05, 3.63) is 29.3 Å². The first-order valence-corrected chi connectivity index (χ1v) is 7.98. The molecular formula is C17H18F2O9. The van der Waals surface area contributed by atoms with E-state index in [0.29, 0.717) is 5.57 Å². The molecule has 1 heterocycles. The number of aliphatic carboxylic acids is 1. The van der Waals surface area contributed by atoms with E-state index in [4.69, 9.17) is 14.6 Å². The molecule has 154 valence electrons. The summed E-state index contributed by atoms with van der Waals surface area (Å²) in [4.78, 5) is 21.8. The minimum absolute atomic E-state index is 0.0825. The van der Waals surface area contributed by atoms with Gasteiger partial charge in [-0.2, -0.15) is 4.39 Å². The molecule has 1 fully saturated rings. The van der Waals surface area contributed by atoms with Gasteiger partial charge in [-0.05, 0) is 25.5 Å². The van der Waals surface area contributed by atoms with Gasteiger partial charge in [-0.15, -0.1) is 0 Å². The van der Waals surface area contributed by atoms with Crippen molar-refractivity contribution in [2.45, 2.75) is 44.6 Å². The van der Waals surface area contributed by atoms with E-state index in [1.54, 1.807) is 6.92 Å². The smallest absolute Gasteiger partial charge is 0.335 e. The minimum atomic E-state index is -2.04. The molecule has 0 radical (unpaired) electrons. The van der Waals surface area contributed by atoms with Crippen molar-refractivity contribution < 1.29 is 53.0 Å². The first kappa shape index (κ1) is 21.7. The highest BCUT2D eigenvalue weighted by Crippen LogP contribution is 2.38. The Morgan fingerprint density at radius 3 is 2.36 bits per heavy atom. The molecule has 0 aromatic heterocycles. The van der Waals surface area contributed by atoms with Gasteiger partial charge < -0.3 is 34.6 Å². The zero-order valence-electron chi connectivity index (χ0n) is 14.7. The van der Waals surface area contributed by atoms with E-state index in [9.17, 15) is 33.7 Å². The van der Waals surface area contributed by atoms with E-state index in [1.807, 2.05) is 0 Å². The van der Waals surface area contributed by atoms with Crippen LogP contribution in [0.1, 0.15) is 19.4 Å². The molecular weight excluding hydrogens is 386 g/mol. The molecule has 0 spiro atoms. The lowest BCUT2D eigenvalue weighted by atomic mass is 9.99. The molecule has 0 saturated carbocycles. The fourth-order valence-electron chi connectivity index (χ4n) is 2.57. The molecule has 28 heavy (non-hydrogen) atoms. The zero-order chi connectivity index (χ0) is 21.2. The molecule has 0 amide bonds. The Kier molecular flexibility index (Phi) is 6.67. The van der Waals surface area contributed by atoms with Crippen LogP contribution in [0.4, 0.5) is 8.78 Å². The van der Waals surface area contributed by atoms with Crippen molar-refractivity contribution in [3.63, 3.8) is 0 Å². The van der Waals surface area contributed by atoms with Gasteiger partial charge in [0.1, 0.15) is 18.3 Å². The number of carbonyl (C=O) groups is 2. The number of carbonyl (C=O) groups excluding carboxylic acids is 1. The minimum Gasteiger partial charge on any atom is -0.479 e. The lowest BCUT2D eigenvalue weighted by Crippen LogP contribution is -2.61. The highest BCUT2D eigenvalue weighted by Gasteiger charge is 2.48. The summed E-state index contributed by atoms with van der Waals surface area (Å²) in [5.41, 5.74) is 0.292. The zero-order valence-corrected chi connectivity index (χ0v) is 14.7. The number of hydrogen-bond acceptors (Lipinski definition) is 8. The molecule has 2 rings (SSSR count). The first-order chi connectivity index (χ1) is 13.1. The van der Waals surface area contributed by atoms with Gasteiger partial charge in [0.15, 0.2) is 23.4 Å². The summed E-state index contributed by atoms with van der Waals surface area (Å²) in [7, 11) is 0. The normalized spacial score (nSPS) is 28.0. The maximum Gasteiger partial charge on any atom is 0.335 e. The molecule has 1 aromatic rings. The van der Waals surface area contributed by atoms with Crippen LogP contribution in [0.3, 0.4) is 0 Å². The Morgan fingerprint density at radius 1 is 1.18 bits per heavy atom. The maximum atomic E-state index is 14.7. The summed E-state index contributed by atoms with van der Waals surface area (Å²) in [5, 5.41) is 38.3. The number of ether oxygens (including phenoxy) is 3. The molecule has 0 bridgehead atoms. The van der Waals surface area contributed by atoms with Gasteiger partial charge in [-0.3, -0.25) is 4.79 Å². The third-order valence-electron chi connectivity index (χ3n) is 4.20. The summed E-state index contributed by atoms with van der Waals surface area (Å²) >= 11 is 0. The summed E-state index contributed by atoms with van der Waals surface area (Å²) in [5.74, 6) is -6.22. The van der Waals surface area contributed by atoms with E-state index < -0.39 is 59.8 Å². The molecule has 1 aliphatic heterocycles. The number of carboxylic acid groups (broad SMARTS) is 1. The van der Waals surface area contributed by atoms with Crippen LogP contribution in [0.5, 0.6) is 11.5 Å². The molecule has 5 atom stereocenters. The third-order valence-corrected chi connectivity index (χ3v) is 4.20. The van der Waals surface area contributed by atoms with E-state index in [1.165, 1.54) is 13.0 Å². The number of aliphatic hydroxyl groups excluding tert-OH is 3. The monoisotopic (exact) mass is 404 g/mol. The Hall–Kier alpha value is -2.60. The predicted octanol–water partition coefficient (Wildman–Crippen LogP) is 0.194. The largest absolute Gasteiger partial charge is 0.479 e. The maximum absolute atomic E-state index is 14.7. The topological polar surface area (TPSA) is 143 Å². The molecule has 11 heteroatoms. The molecule has 9 nitrogen and oxygen atoms in total. The fraction of sp³-hybridized carbons (Fsp3) is 0.412. The second-order valence-corrected chi connectivity index (χ2v) is 5.92. The number of halogens is 2. The van der Waals surface area contributed by atoms with E-state index in [2.05, 4.69) is 4.74 Å². The summed E-state index contributed by atoms with van der Waals surface area (Å²) in [6.45, 7) is 3.01. The van der Waals surface area contributed by atoms with Crippen LogP contribution in [0.2, 0.25) is 0 Å². The van der Waals surface area contributed by atoms with Crippen molar-refractivity contribution in [3.8, 4) is 11.5 Å². The average molecular weight is 404 g/mol. The van der Waals surface area contributed by atoms with Gasteiger partial charge in [0, 0.05) is 5.56 Å². The highest BCUT2D eigenvalue weighted by atomic mass is 19.1. The van der Waals surface area contributed by atoms with Crippen LogP contribution < -0.4 is 9.47 Å². The second kappa shape index (κ2) is 8.61. The fourth-order valence-corrected chi connectivity index (χ4v) is 2.57. The van der Waals surface area contributed by atoms with Crippen molar-refractivity contribution in [1.29, 1.82) is 0 Å². The highest BCUT2D eigenvalue weighted by molar-refractivity contribution is 5.73.